The zero-order valence-corrected chi connectivity index (χ0v) is 11.2. The van der Waals surface area contributed by atoms with E-state index in [0.717, 1.165) is 11.8 Å². The van der Waals surface area contributed by atoms with Crippen molar-refractivity contribution in [2.45, 2.75) is 51.9 Å². The molecule has 0 nitrogen and oxygen atoms in total. The maximum atomic E-state index is 2.53. The van der Waals surface area contributed by atoms with Gasteiger partial charge in [-0.1, -0.05) is 55.8 Å². The van der Waals surface area contributed by atoms with Crippen molar-refractivity contribution in [3.05, 3.63) is 47.5 Å². The van der Waals surface area contributed by atoms with Crippen molar-refractivity contribution in [2.75, 3.05) is 0 Å². The molecule has 0 radical (unpaired) electrons. The van der Waals surface area contributed by atoms with E-state index in [0.29, 0.717) is 0 Å². The molecule has 0 heteroatoms. The summed E-state index contributed by atoms with van der Waals surface area (Å²) in [6.07, 6.45) is 9.03. The highest BCUT2D eigenvalue weighted by Gasteiger charge is 2.19. The highest BCUT2D eigenvalue weighted by molar-refractivity contribution is 5.23. The van der Waals surface area contributed by atoms with Crippen LogP contribution in [0.5, 0.6) is 0 Å². The molecule has 0 N–H and O–H groups in total. The van der Waals surface area contributed by atoms with E-state index in [2.05, 4.69) is 50.3 Å². The van der Waals surface area contributed by atoms with E-state index >= 15 is 0 Å². The normalized spacial score (nSPS) is 20.4. The van der Waals surface area contributed by atoms with E-state index in [1.54, 1.807) is 5.57 Å². The lowest BCUT2D eigenvalue weighted by Crippen LogP contribution is -2.10. The van der Waals surface area contributed by atoms with Gasteiger partial charge < -0.3 is 0 Å². The molecule has 1 aromatic carbocycles. The molecule has 1 aliphatic rings. The first-order chi connectivity index (χ1) is 8.35. The van der Waals surface area contributed by atoms with Gasteiger partial charge in [-0.2, -0.15) is 0 Å². The van der Waals surface area contributed by atoms with Crippen molar-refractivity contribution in [2.24, 2.45) is 5.92 Å². The molecular formula is C17H24. The Morgan fingerprint density at radius 3 is 2.35 bits per heavy atom. The summed E-state index contributed by atoms with van der Waals surface area (Å²) in [4.78, 5) is 0. The highest BCUT2D eigenvalue weighted by Crippen LogP contribution is 2.36. The number of rotatable bonds is 4. The summed E-state index contributed by atoms with van der Waals surface area (Å²) in [5.41, 5.74) is 3.24. The fraction of sp³-hybridized carbons (Fsp3) is 0.529. The van der Waals surface area contributed by atoms with Gasteiger partial charge in [0.25, 0.3) is 0 Å². The van der Waals surface area contributed by atoms with Crippen LogP contribution in [-0.4, -0.2) is 0 Å². The average molecular weight is 228 g/mol. The smallest absolute Gasteiger partial charge is 0.0124 e. The minimum absolute atomic E-state index is 0.759. The Morgan fingerprint density at radius 1 is 1.12 bits per heavy atom. The molecule has 1 atom stereocenters. The zero-order chi connectivity index (χ0) is 12.1. The van der Waals surface area contributed by atoms with E-state index in [9.17, 15) is 0 Å². The number of benzene rings is 1. The number of hydrogen-bond acceptors (Lipinski definition) is 0. The molecule has 1 aliphatic carbocycles. The second-order valence-electron chi connectivity index (χ2n) is 5.17. The lowest BCUT2D eigenvalue weighted by Gasteiger charge is -2.26. The largest absolute Gasteiger partial charge is 0.0844 e. The van der Waals surface area contributed by atoms with Crippen molar-refractivity contribution in [1.29, 1.82) is 0 Å². The molecule has 1 unspecified atom stereocenters. The fourth-order valence-corrected chi connectivity index (χ4v) is 3.07. The Kier molecular flexibility index (Phi) is 4.42. The molecule has 17 heavy (non-hydrogen) atoms. The van der Waals surface area contributed by atoms with Crippen LogP contribution in [0, 0.1) is 5.92 Å². The van der Waals surface area contributed by atoms with Crippen LogP contribution in [-0.2, 0) is 0 Å². The summed E-state index contributed by atoms with van der Waals surface area (Å²) in [6, 6.07) is 11.0. The van der Waals surface area contributed by atoms with Gasteiger partial charge in [0.2, 0.25) is 0 Å². The molecule has 2 rings (SSSR count). The summed E-state index contributed by atoms with van der Waals surface area (Å²) in [6.45, 7) is 4.64. The van der Waals surface area contributed by atoms with Crippen LogP contribution in [0.1, 0.15) is 57.4 Å². The molecule has 92 valence electrons. The highest BCUT2D eigenvalue weighted by atomic mass is 14.2. The molecule has 0 heterocycles. The summed E-state index contributed by atoms with van der Waals surface area (Å²) in [7, 11) is 0. The van der Waals surface area contributed by atoms with Crippen LogP contribution < -0.4 is 0 Å². The molecular weight excluding hydrogens is 204 g/mol. The molecule has 0 aliphatic heterocycles. The van der Waals surface area contributed by atoms with Gasteiger partial charge in [-0.15, -0.1) is 0 Å². The molecule has 0 bridgehead atoms. The first-order valence-corrected chi connectivity index (χ1v) is 7.09. The van der Waals surface area contributed by atoms with Crippen LogP contribution in [0.2, 0.25) is 0 Å². The lowest BCUT2D eigenvalue weighted by atomic mass is 9.79. The summed E-state index contributed by atoms with van der Waals surface area (Å²) < 4.78 is 0. The first kappa shape index (κ1) is 12.4. The minimum atomic E-state index is 0.759. The van der Waals surface area contributed by atoms with Crippen molar-refractivity contribution in [1.82, 2.24) is 0 Å². The topological polar surface area (TPSA) is 0 Å². The number of allylic oxidation sites excluding steroid dienone is 2. The zero-order valence-electron chi connectivity index (χ0n) is 11.2. The molecule has 0 fully saturated rings. The van der Waals surface area contributed by atoms with E-state index in [-0.39, 0.29) is 0 Å². The molecule has 0 aromatic heterocycles. The van der Waals surface area contributed by atoms with Gasteiger partial charge >= 0.3 is 0 Å². The monoisotopic (exact) mass is 228 g/mol. The molecule has 0 saturated heterocycles. The van der Waals surface area contributed by atoms with Crippen LogP contribution in [0.25, 0.3) is 0 Å². The van der Waals surface area contributed by atoms with Gasteiger partial charge in [0.15, 0.2) is 0 Å². The third-order valence-corrected chi connectivity index (χ3v) is 4.23. The van der Waals surface area contributed by atoms with E-state index < -0.39 is 0 Å². The molecule has 0 amide bonds. The van der Waals surface area contributed by atoms with Crippen LogP contribution in [0.3, 0.4) is 0 Å². The van der Waals surface area contributed by atoms with Crippen LogP contribution in [0.15, 0.2) is 42.0 Å². The Labute approximate surface area is 106 Å². The van der Waals surface area contributed by atoms with Crippen LogP contribution >= 0.6 is 0 Å². The Hall–Kier alpha value is -1.04. The van der Waals surface area contributed by atoms with Crippen molar-refractivity contribution >= 4 is 0 Å². The minimum Gasteiger partial charge on any atom is -0.0844 e. The van der Waals surface area contributed by atoms with Gasteiger partial charge in [-0.05, 0) is 49.5 Å². The van der Waals surface area contributed by atoms with Crippen molar-refractivity contribution in [3.8, 4) is 0 Å². The maximum absolute atomic E-state index is 2.53. The third-order valence-electron chi connectivity index (χ3n) is 4.23. The third kappa shape index (κ3) is 3.00. The summed E-state index contributed by atoms with van der Waals surface area (Å²) in [5.74, 6) is 1.60. The van der Waals surface area contributed by atoms with E-state index in [1.165, 1.54) is 37.7 Å². The molecule has 0 saturated carbocycles. The second-order valence-corrected chi connectivity index (χ2v) is 5.17. The van der Waals surface area contributed by atoms with Crippen LogP contribution in [0.4, 0.5) is 0 Å². The van der Waals surface area contributed by atoms with E-state index in [4.69, 9.17) is 0 Å². The van der Waals surface area contributed by atoms with Gasteiger partial charge in [-0.3, -0.25) is 0 Å². The Morgan fingerprint density at radius 2 is 1.82 bits per heavy atom. The maximum Gasteiger partial charge on any atom is -0.0124 e. The first-order valence-electron chi connectivity index (χ1n) is 7.09. The SMILES string of the molecule is CCC(CC)C1=CCC(c2ccccc2)CC1. The van der Waals surface area contributed by atoms with Crippen molar-refractivity contribution in [3.63, 3.8) is 0 Å². The predicted molar refractivity (Wildman–Crippen MR) is 75.2 cm³/mol. The van der Waals surface area contributed by atoms with E-state index in [1.807, 2.05) is 0 Å². The van der Waals surface area contributed by atoms with Gasteiger partial charge in [0, 0.05) is 0 Å². The quantitative estimate of drug-likeness (QED) is 0.612. The average Bonchev–Trinajstić information content (AvgIpc) is 2.42. The Balaban J connectivity index is 2.02. The molecule has 0 spiro atoms. The van der Waals surface area contributed by atoms with Gasteiger partial charge in [-0.25, -0.2) is 0 Å². The second kappa shape index (κ2) is 6.05. The van der Waals surface area contributed by atoms with Gasteiger partial charge in [0.1, 0.15) is 0 Å². The summed E-state index contributed by atoms with van der Waals surface area (Å²) in [5, 5.41) is 0. The van der Waals surface area contributed by atoms with Crippen molar-refractivity contribution < 1.29 is 0 Å². The predicted octanol–water partition coefficient (Wildman–Crippen LogP) is 5.32. The molecule has 1 aromatic rings. The number of hydrogen-bond donors (Lipinski definition) is 0. The standard InChI is InChI=1S/C17H24/c1-3-14(4-2)16-10-12-17(13-11-16)15-8-6-5-7-9-15/h5-10,14,17H,3-4,11-13H2,1-2H3. The summed E-state index contributed by atoms with van der Waals surface area (Å²) >= 11 is 0. The lowest BCUT2D eigenvalue weighted by molar-refractivity contribution is 0.497. The van der Waals surface area contributed by atoms with Gasteiger partial charge in [0.05, 0.1) is 0 Å². The fourth-order valence-electron chi connectivity index (χ4n) is 3.07. The Bertz CT molecular complexity index is 357.